The fraction of sp³-hybridized carbons (Fsp3) is 0.848. The van der Waals surface area contributed by atoms with Gasteiger partial charge in [-0.2, -0.15) is 0 Å². The SMILES string of the molecule is CC/C=C\C/C=C\C/C=C\C/C=C\C/C=C\CCCCCCCCCCCCCCCCCCCCCCCCCCCC(=O)OC(COC(=O)CCCCCCCCCCCCCCCCCCCCCCCCCCC/C=C\CCCCCCCCCC)COP(=O)([O-])OCC[N+](C)(C)C. The molecule has 0 aliphatic rings. The molecule has 0 aromatic rings. The molecule has 0 bridgehead atoms. The molecule has 0 amide bonds. The third kappa shape index (κ3) is 86.4. The smallest absolute Gasteiger partial charge is 0.306 e. The third-order valence-electron chi connectivity index (χ3n) is 20.2. The van der Waals surface area contributed by atoms with Crippen molar-refractivity contribution in [2.75, 3.05) is 47.5 Å². The van der Waals surface area contributed by atoms with Crippen molar-refractivity contribution in [1.82, 2.24) is 0 Å². The fourth-order valence-corrected chi connectivity index (χ4v) is 14.2. The van der Waals surface area contributed by atoms with Gasteiger partial charge in [0.1, 0.15) is 19.8 Å². The molecule has 0 fully saturated rings. The molecule has 10 heteroatoms. The van der Waals surface area contributed by atoms with Crippen LogP contribution in [-0.2, 0) is 32.7 Å². The summed E-state index contributed by atoms with van der Waals surface area (Å²) in [5.41, 5.74) is 0. The molecule has 598 valence electrons. The Bertz CT molecular complexity index is 1950. The number of nitrogens with zero attached hydrogens (tertiary/aromatic N) is 1. The van der Waals surface area contributed by atoms with Gasteiger partial charge in [-0.3, -0.25) is 14.2 Å². The second kappa shape index (κ2) is 82.5. The predicted octanol–water partition coefficient (Wildman–Crippen LogP) is 29.6. The molecule has 0 rings (SSSR count). The largest absolute Gasteiger partial charge is 0.756 e. The summed E-state index contributed by atoms with van der Waals surface area (Å²) in [4.78, 5) is 38.3. The molecule has 0 spiro atoms. The van der Waals surface area contributed by atoms with E-state index in [1.54, 1.807) is 0 Å². The first kappa shape index (κ1) is 99.5. The van der Waals surface area contributed by atoms with Crippen LogP contribution in [0.3, 0.4) is 0 Å². The number of carbonyl (C=O) groups excluding carboxylic acids is 2. The van der Waals surface area contributed by atoms with Gasteiger partial charge in [-0.05, 0) is 83.5 Å². The Hall–Kier alpha value is -2.55. The average Bonchev–Trinajstić information content (AvgIpc) is 0.916. The van der Waals surface area contributed by atoms with E-state index in [2.05, 4.69) is 86.8 Å². The summed E-state index contributed by atoms with van der Waals surface area (Å²) in [5, 5.41) is 0. The maximum absolute atomic E-state index is 12.9. The van der Waals surface area contributed by atoms with Crippen molar-refractivity contribution in [3.63, 3.8) is 0 Å². The number of rotatable bonds is 84. The van der Waals surface area contributed by atoms with Crippen molar-refractivity contribution < 1.29 is 42.1 Å². The number of carbonyl (C=O) groups is 2. The number of esters is 2. The molecule has 0 aliphatic heterocycles. The van der Waals surface area contributed by atoms with Crippen LogP contribution < -0.4 is 4.89 Å². The van der Waals surface area contributed by atoms with Gasteiger partial charge in [0.05, 0.1) is 27.7 Å². The van der Waals surface area contributed by atoms with Gasteiger partial charge in [0.15, 0.2) is 6.10 Å². The molecule has 2 atom stereocenters. The average molecular weight is 1450 g/mol. The summed E-state index contributed by atoms with van der Waals surface area (Å²) in [6, 6.07) is 0. The Labute approximate surface area is 635 Å². The molecular formula is C92H172NO8P. The van der Waals surface area contributed by atoms with Crippen LogP contribution >= 0.6 is 7.82 Å². The summed E-state index contributed by atoms with van der Waals surface area (Å²) in [5.74, 6) is -0.806. The van der Waals surface area contributed by atoms with E-state index in [0.29, 0.717) is 17.4 Å². The maximum atomic E-state index is 12.9. The number of hydrogen-bond donors (Lipinski definition) is 0. The molecule has 0 aromatic carbocycles. The Morgan fingerprint density at radius 3 is 0.843 bits per heavy atom. The number of quaternary nitrogens is 1. The number of hydrogen-bond acceptors (Lipinski definition) is 8. The predicted molar refractivity (Wildman–Crippen MR) is 443 cm³/mol. The minimum Gasteiger partial charge on any atom is -0.756 e. The number of phosphoric acid groups is 1. The molecule has 0 aromatic heterocycles. The van der Waals surface area contributed by atoms with Gasteiger partial charge < -0.3 is 27.9 Å². The first-order valence-electron chi connectivity index (χ1n) is 44.6. The molecule has 0 saturated heterocycles. The van der Waals surface area contributed by atoms with Crippen molar-refractivity contribution in [2.24, 2.45) is 0 Å². The van der Waals surface area contributed by atoms with Gasteiger partial charge in [0, 0.05) is 12.8 Å². The number of phosphoric ester groups is 1. The Kier molecular flexibility index (Phi) is 80.4. The highest BCUT2D eigenvalue weighted by atomic mass is 31.2. The summed E-state index contributed by atoms with van der Waals surface area (Å²) >= 11 is 0. The van der Waals surface area contributed by atoms with Crippen molar-refractivity contribution in [3.05, 3.63) is 72.9 Å². The fourth-order valence-electron chi connectivity index (χ4n) is 13.5. The summed E-state index contributed by atoms with van der Waals surface area (Å²) in [6.45, 7) is 4.21. The van der Waals surface area contributed by atoms with E-state index in [1.165, 1.54) is 353 Å². The van der Waals surface area contributed by atoms with Crippen LogP contribution in [0.15, 0.2) is 72.9 Å². The Morgan fingerprint density at radius 1 is 0.314 bits per heavy atom. The topological polar surface area (TPSA) is 111 Å². The second-order valence-corrected chi connectivity index (χ2v) is 33.0. The molecule has 102 heavy (non-hydrogen) atoms. The van der Waals surface area contributed by atoms with Crippen molar-refractivity contribution in [2.45, 2.75) is 457 Å². The molecule has 0 N–H and O–H groups in total. The highest BCUT2D eigenvalue weighted by Crippen LogP contribution is 2.38. The van der Waals surface area contributed by atoms with Crippen LogP contribution in [0.2, 0.25) is 0 Å². The molecule has 2 unspecified atom stereocenters. The third-order valence-corrected chi connectivity index (χ3v) is 21.2. The van der Waals surface area contributed by atoms with Crippen LogP contribution in [0.5, 0.6) is 0 Å². The highest BCUT2D eigenvalue weighted by molar-refractivity contribution is 7.45. The van der Waals surface area contributed by atoms with Crippen LogP contribution in [-0.4, -0.2) is 70.0 Å². The minimum absolute atomic E-state index is 0.0281. The lowest BCUT2D eigenvalue weighted by Crippen LogP contribution is -2.37. The number of likely N-dealkylation sites (N-methyl/N-ethyl adjacent to an activating group) is 1. The zero-order chi connectivity index (χ0) is 74.0. The Balaban J connectivity index is 3.85. The molecule has 0 saturated carbocycles. The van der Waals surface area contributed by atoms with E-state index < -0.39 is 26.5 Å². The van der Waals surface area contributed by atoms with Gasteiger partial charge in [-0.15, -0.1) is 0 Å². The van der Waals surface area contributed by atoms with E-state index in [0.717, 1.165) is 64.2 Å². The van der Waals surface area contributed by atoms with Crippen LogP contribution in [0.4, 0.5) is 0 Å². The van der Waals surface area contributed by atoms with Crippen LogP contribution in [0.25, 0.3) is 0 Å². The van der Waals surface area contributed by atoms with Crippen molar-refractivity contribution >= 4 is 19.8 Å². The monoisotopic (exact) mass is 1450 g/mol. The number of ether oxygens (including phenoxy) is 2. The van der Waals surface area contributed by atoms with Crippen LogP contribution in [0.1, 0.15) is 450 Å². The number of unbranched alkanes of at least 4 members (excludes halogenated alkanes) is 58. The zero-order valence-electron chi connectivity index (χ0n) is 68.6. The van der Waals surface area contributed by atoms with Gasteiger partial charge >= 0.3 is 11.9 Å². The zero-order valence-corrected chi connectivity index (χ0v) is 69.5. The summed E-state index contributed by atoms with van der Waals surface area (Å²) < 4.78 is 34.5. The Morgan fingerprint density at radius 2 is 0.559 bits per heavy atom. The van der Waals surface area contributed by atoms with Gasteiger partial charge in [-0.1, -0.05) is 427 Å². The molecule has 0 heterocycles. The summed E-state index contributed by atoms with van der Waals surface area (Å²) in [6.07, 6.45) is 114. The van der Waals surface area contributed by atoms with Gasteiger partial charge in [0.25, 0.3) is 7.82 Å². The standard InChI is InChI=1S/C92H172NO8P/c1-6-8-10-12-14-16-18-20-22-24-26-28-30-32-34-36-38-40-42-44-45-46-47-49-51-53-55-57-59-61-63-65-67-69-71-73-75-77-79-81-83-85-92(95)101-90(89-100-102(96,97)99-87-86-93(3,4)5)88-98-91(94)84-82-80-78-76-74-72-70-68-66-64-62-60-58-56-54-52-50-48-43-41-39-37-35-33-31-29-27-25-23-21-19-17-15-13-11-9-7-2/h8,10,14,16,20,22,25-28,32,34,90H,6-7,9,11-13,15,17-19,21,23-24,29-31,33,35-89H2,1-5H3/b10-8-,16-14-,22-20-,27-25-,28-26-,34-32-. The minimum atomic E-state index is -4.65. The quantitative estimate of drug-likeness (QED) is 0.0195. The lowest BCUT2D eigenvalue weighted by atomic mass is 10.0. The summed E-state index contributed by atoms with van der Waals surface area (Å²) in [7, 11) is 1.19. The van der Waals surface area contributed by atoms with Crippen molar-refractivity contribution in [3.8, 4) is 0 Å². The molecular weight excluding hydrogens is 1280 g/mol. The van der Waals surface area contributed by atoms with Crippen LogP contribution in [0, 0.1) is 0 Å². The van der Waals surface area contributed by atoms with E-state index in [-0.39, 0.29) is 32.0 Å². The number of allylic oxidation sites excluding steroid dienone is 12. The lowest BCUT2D eigenvalue weighted by Gasteiger charge is -2.28. The highest BCUT2D eigenvalue weighted by Gasteiger charge is 2.22. The molecule has 0 radical (unpaired) electrons. The maximum Gasteiger partial charge on any atom is 0.306 e. The molecule has 9 nitrogen and oxygen atoms in total. The second-order valence-electron chi connectivity index (χ2n) is 31.6. The van der Waals surface area contributed by atoms with Gasteiger partial charge in [-0.25, -0.2) is 0 Å². The first-order valence-corrected chi connectivity index (χ1v) is 46.1. The van der Waals surface area contributed by atoms with E-state index >= 15 is 0 Å². The van der Waals surface area contributed by atoms with Crippen molar-refractivity contribution in [1.29, 1.82) is 0 Å². The molecule has 0 aliphatic carbocycles. The normalized spacial score (nSPS) is 13.3. The van der Waals surface area contributed by atoms with Gasteiger partial charge in [0.2, 0.25) is 0 Å². The van der Waals surface area contributed by atoms with E-state index in [1.807, 2.05) is 21.1 Å². The lowest BCUT2D eigenvalue weighted by molar-refractivity contribution is -0.870. The van der Waals surface area contributed by atoms with E-state index in [9.17, 15) is 19.0 Å². The van der Waals surface area contributed by atoms with E-state index in [4.69, 9.17) is 18.5 Å². The first-order chi connectivity index (χ1) is 50.0.